The summed E-state index contributed by atoms with van der Waals surface area (Å²) in [7, 11) is -3.81. The molecule has 0 aliphatic carbocycles. The number of nitrogens with two attached hydrogens (primary N) is 1. The van der Waals surface area contributed by atoms with Crippen LogP contribution in [0.4, 0.5) is 4.39 Å². The Bertz CT molecular complexity index is 613. The standard InChI is InChI=1S/C12H15FN2O2S3/c13-9-2-1-3-10(11(9)12(14)18)20(16,17)15-6-8-4-5-19-7-8/h1-3,8,15H,4-7H2,(H2,14,18). The first-order valence-electron chi connectivity index (χ1n) is 6.07. The van der Waals surface area contributed by atoms with Crippen molar-refractivity contribution >= 4 is 39.0 Å². The summed E-state index contributed by atoms with van der Waals surface area (Å²) >= 11 is 6.54. The Morgan fingerprint density at radius 3 is 2.90 bits per heavy atom. The number of hydrogen-bond acceptors (Lipinski definition) is 4. The van der Waals surface area contributed by atoms with Gasteiger partial charge in [0.1, 0.15) is 10.8 Å². The van der Waals surface area contributed by atoms with Crippen molar-refractivity contribution in [3.8, 4) is 0 Å². The predicted molar refractivity (Wildman–Crippen MR) is 82.9 cm³/mol. The lowest BCUT2D eigenvalue weighted by Gasteiger charge is -2.13. The summed E-state index contributed by atoms with van der Waals surface area (Å²) in [6, 6.07) is 3.78. The number of sulfonamides is 1. The van der Waals surface area contributed by atoms with E-state index in [1.54, 1.807) is 11.8 Å². The van der Waals surface area contributed by atoms with Crippen LogP contribution in [0.2, 0.25) is 0 Å². The Balaban J connectivity index is 2.24. The highest BCUT2D eigenvalue weighted by atomic mass is 32.2. The van der Waals surface area contributed by atoms with E-state index in [0.29, 0.717) is 12.5 Å². The fourth-order valence-corrected chi connectivity index (χ4v) is 4.92. The first kappa shape index (κ1) is 15.7. The third-order valence-electron chi connectivity index (χ3n) is 3.10. The van der Waals surface area contributed by atoms with Crippen LogP contribution in [0.15, 0.2) is 23.1 Å². The molecule has 0 spiro atoms. The van der Waals surface area contributed by atoms with Crippen molar-refractivity contribution < 1.29 is 12.8 Å². The van der Waals surface area contributed by atoms with Crippen LogP contribution >= 0.6 is 24.0 Å². The minimum Gasteiger partial charge on any atom is -0.389 e. The molecule has 2 rings (SSSR count). The van der Waals surface area contributed by atoms with Crippen molar-refractivity contribution in [3.05, 3.63) is 29.6 Å². The van der Waals surface area contributed by atoms with E-state index in [-0.39, 0.29) is 15.4 Å². The third-order valence-corrected chi connectivity index (χ3v) is 6.00. The fraction of sp³-hybridized carbons (Fsp3) is 0.417. The number of halogens is 1. The van der Waals surface area contributed by atoms with Gasteiger partial charge in [-0.15, -0.1) is 0 Å². The predicted octanol–water partition coefficient (Wildman–Crippen LogP) is 1.49. The molecule has 0 saturated carbocycles. The zero-order valence-electron chi connectivity index (χ0n) is 10.6. The zero-order valence-corrected chi connectivity index (χ0v) is 13.1. The number of rotatable bonds is 5. The van der Waals surface area contributed by atoms with Crippen LogP contribution in [0.1, 0.15) is 12.0 Å². The van der Waals surface area contributed by atoms with Crippen molar-refractivity contribution in [2.75, 3.05) is 18.1 Å². The number of benzene rings is 1. The van der Waals surface area contributed by atoms with Crippen LogP contribution in [0, 0.1) is 11.7 Å². The second-order valence-corrected chi connectivity index (χ2v) is 7.88. The van der Waals surface area contributed by atoms with Crippen LogP contribution < -0.4 is 10.5 Å². The summed E-state index contributed by atoms with van der Waals surface area (Å²) in [5.74, 6) is 1.58. The van der Waals surface area contributed by atoms with Crippen molar-refractivity contribution in [3.63, 3.8) is 0 Å². The van der Waals surface area contributed by atoms with E-state index in [2.05, 4.69) is 4.72 Å². The Hall–Kier alpha value is -0.700. The molecule has 8 heteroatoms. The van der Waals surface area contributed by atoms with Crippen LogP contribution in [0.5, 0.6) is 0 Å². The maximum absolute atomic E-state index is 13.7. The maximum atomic E-state index is 13.7. The van der Waals surface area contributed by atoms with Gasteiger partial charge in [-0.2, -0.15) is 11.8 Å². The molecular formula is C12H15FN2O2S3. The van der Waals surface area contributed by atoms with Crippen LogP contribution in [0.25, 0.3) is 0 Å². The van der Waals surface area contributed by atoms with E-state index in [9.17, 15) is 12.8 Å². The van der Waals surface area contributed by atoms with E-state index in [1.165, 1.54) is 12.1 Å². The highest BCUT2D eigenvalue weighted by Crippen LogP contribution is 2.24. The lowest BCUT2D eigenvalue weighted by molar-refractivity contribution is 0.544. The molecular weight excluding hydrogens is 319 g/mol. The molecule has 1 saturated heterocycles. The third kappa shape index (κ3) is 3.49. The average molecular weight is 334 g/mol. The lowest BCUT2D eigenvalue weighted by atomic mass is 10.1. The van der Waals surface area contributed by atoms with Gasteiger partial charge in [-0.3, -0.25) is 0 Å². The van der Waals surface area contributed by atoms with Gasteiger partial charge in [0.05, 0.1) is 10.5 Å². The number of nitrogens with one attached hydrogen (secondary N) is 1. The Kier molecular flexibility index (Phi) is 5.00. The first-order valence-corrected chi connectivity index (χ1v) is 9.12. The first-order chi connectivity index (χ1) is 9.42. The molecule has 1 aliphatic rings. The number of thiocarbonyl (C=S) groups is 1. The molecule has 1 aromatic rings. The van der Waals surface area contributed by atoms with Gasteiger partial charge >= 0.3 is 0 Å². The Labute approximate surface area is 127 Å². The van der Waals surface area contributed by atoms with E-state index in [0.717, 1.165) is 24.0 Å². The Morgan fingerprint density at radius 1 is 1.55 bits per heavy atom. The maximum Gasteiger partial charge on any atom is 0.241 e. The lowest BCUT2D eigenvalue weighted by Crippen LogP contribution is -2.31. The molecule has 1 atom stereocenters. The largest absolute Gasteiger partial charge is 0.389 e. The van der Waals surface area contributed by atoms with Gasteiger partial charge in [0.15, 0.2) is 0 Å². The molecule has 3 N–H and O–H groups in total. The monoisotopic (exact) mass is 334 g/mol. The highest BCUT2D eigenvalue weighted by molar-refractivity contribution is 7.99. The summed E-state index contributed by atoms with van der Waals surface area (Å²) in [4.78, 5) is -0.462. The summed E-state index contributed by atoms with van der Waals surface area (Å²) in [5.41, 5.74) is 5.20. The SMILES string of the molecule is NC(=S)c1c(F)cccc1S(=O)(=O)NCC1CCSC1. The number of hydrogen-bond donors (Lipinski definition) is 2. The van der Waals surface area contributed by atoms with E-state index < -0.39 is 15.8 Å². The highest BCUT2D eigenvalue weighted by Gasteiger charge is 2.24. The minimum absolute atomic E-state index is 0.198. The quantitative estimate of drug-likeness (QED) is 0.798. The molecule has 110 valence electrons. The molecule has 20 heavy (non-hydrogen) atoms. The second kappa shape index (κ2) is 6.38. The topological polar surface area (TPSA) is 72.2 Å². The van der Waals surface area contributed by atoms with Gasteiger partial charge in [0, 0.05) is 6.54 Å². The van der Waals surface area contributed by atoms with E-state index in [4.69, 9.17) is 18.0 Å². The van der Waals surface area contributed by atoms with Gasteiger partial charge in [0.2, 0.25) is 10.0 Å². The molecule has 1 fully saturated rings. The van der Waals surface area contributed by atoms with Crippen molar-refractivity contribution in [1.29, 1.82) is 0 Å². The van der Waals surface area contributed by atoms with Gasteiger partial charge in [0.25, 0.3) is 0 Å². The molecule has 4 nitrogen and oxygen atoms in total. The smallest absolute Gasteiger partial charge is 0.241 e. The van der Waals surface area contributed by atoms with E-state index in [1.807, 2.05) is 0 Å². The van der Waals surface area contributed by atoms with Gasteiger partial charge < -0.3 is 5.73 Å². The Morgan fingerprint density at radius 2 is 2.30 bits per heavy atom. The van der Waals surface area contributed by atoms with Crippen molar-refractivity contribution in [2.45, 2.75) is 11.3 Å². The van der Waals surface area contributed by atoms with Gasteiger partial charge in [-0.1, -0.05) is 18.3 Å². The van der Waals surface area contributed by atoms with Crippen LogP contribution in [-0.4, -0.2) is 31.5 Å². The zero-order chi connectivity index (χ0) is 14.8. The molecule has 1 heterocycles. The summed E-state index contributed by atoms with van der Waals surface area (Å²) in [5, 5.41) is 0. The molecule has 0 radical (unpaired) electrons. The van der Waals surface area contributed by atoms with Gasteiger partial charge in [-0.25, -0.2) is 17.5 Å². The molecule has 1 aliphatic heterocycles. The van der Waals surface area contributed by atoms with Crippen LogP contribution in [-0.2, 0) is 10.0 Å². The molecule has 1 unspecified atom stereocenters. The summed E-state index contributed by atoms with van der Waals surface area (Å²) in [6.07, 6.45) is 0.985. The average Bonchev–Trinajstić information content (AvgIpc) is 2.89. The normalized spacial score (nSPS) is 19.1. The molecule has 0 bridgehead atoms. The molecule has 0 aromatic heterocycles. The summed E-state index contributed by atoms with van der Waals surface area (Å²) in [6.45, 7) is 0.350. The van der Waals surface area contributed by atoms with Crippen molar-refractivity contribution in [1.82, 2.24) is 4.72 Å². The van der Waals surface area contributed by atoms with E-state index >= 15 is 0 Å². The molecule has 0 amide bonds. The number of thioether (sulfide) groups is 1. The second-order valence-electron chi connectivity index (χ2n) is 4.56. The summed E-state index contributed by atoms with van der Waals surface area (Å²) < 4.78 is 40.8. The minimum atomic E-state index is -3.81. The van der Waals surface area contributed by atoms with Crippen molar-refractivity contribution in [2.24, 2.45) is 11.7 Å². The van der Waals surface area contributed by atoms with Gasteiger partial charge in [-0.05, 0) is 36.0 Å². The molecule has 1 aromatic carbocycles. The fourth-order valence-electron chi connectivity index (χ4n) is 2.02. The van der Waals surface area contributed by atoms with Crippen LogP contribution in [0.3, 0.4) is 0 Å².